The summed E-state index contributed by atoms with van der Waals surface area (Å²) in [6, 6.07) is 0. The van der Waals surface area contributed by atoms with Crippen molar-refractivity contribution in [2.24, 2.45) is 5.92 Å². The highest BCUT2D eigenvalue weighted by Gasteiger charge is 2.15. The molecule has 0 aromatic rings. The molecule has 0 aliphatic carbocycles. The van der Waals surface area contributed by atoms with Crippen molar-refractivity contribution in [3.8, 4) is 0 Å². The highest BCUT2D eigenvalue weighted by Crippen LogP contribution is 2.13. The minimum Gasteiger partial charge on any atom is -0.355 e. The van der Waals surface area contributed by atoms with E-state index in [4.69, 9.17) is 0 Å². The van der Waals surface area contributed by atoms with Crippen LogP contribution in [0.1, 0.15) is 32.6 Å². The molecule has 2 amide bonds. The molecule has 1 rings (SSSR count). The molecule has 1 atom stereocenters. The van der Waals surface area contributed by atoms with Crippen LogP contribution in [-0.4, -0.2) is 38.0 Å². The van der Waals surface area contributed by atoms with Crippen molar-refractivity contribution in [1.82, 2.24) is 16.0 Å². The van der Waals surface area contributed by atoms with Crippen LogP contribution in [0.25, 0.3) is 0 Å². The van der Waals surface area contributed by atoms with Gasteiger partial charge in [0.25, 0.3) is 0 Å². The molecule has 1 saturated heterocycles. The Hall–Kier alpha value is -1.10. The first-order valence-corrected chi connectivity index (χ1v) is 6.46. The van der Waals surface area contributed by atoms with Gasteiger partial charge in [-0.25, -0.2) is 0 Å². The van der Waals surface area contributed by atoms with Crippen molar-refractivity contribution in [1.29, 1.82) is 0 Å². The smallest absolute Gasteiger partial charge is 0.239 e. The summed E-state index contributed by atoms with van der Waals surface area (Å²) in [6.07, 6.45) is 3.50. The average Bonchev–Trinajstić information content (AvgIpc) is 2.84. The van der Waals surface area contributed by atoms with Gasteiger partial charge in [-0.15, -0.1) is 0 Å². The van der Waals surface area contributed by atoms with Crippen LogP contribution in [0.15, 0.2) is 0 Å². The van der Waals surface area contributed by atoms with Crippen LogP contribution in [0.5, 0.6) is 0 Å². The molecule has 1 aliphatic rings. The molecule has 3 N–H and O–H groups in total. The van der Waals surface area contributed by atoms with Gasteiger partial charge in [-0.1, -0.05) is 6.92 Å². The van der Waals surface area contributed by atoms with Gasteiger partial charge < -0.3 is 16.0 Å². The number of carbonyl (C=O) groups is 2. The van der Waals surface area contributed by atoms with E-state index in [1.165, 1.54) is 0 Å². The summed E-state index contributed by atoms with van der Waals surface area (Å²) in [7, 11) is 0. The molecule has 0 spiro atoms. The maximum atomic E-state index is 11.5. The van der Waals surface area contributed by atoms with E-state index in [1.807, 2.05) is 6.92 Å². The second-order valence-electron chi connectivity index (χ2n) is 4.52. The van der Waals surface area contributed by atoms with E-state index >= 15 is 0 Å². The van der Waals surface area contributed by atoms with Crippen LogP contribution in [0.2, 0.25) is 0 Å². The number of hydrogen-bond acceptors (Lipinski definition) is 3. The summed E-state index contributed by atoms with van der Waals surface area (Å²) < 4.78 is 0. The quantitative estimate of drug-likeness (QED) is 0.588. The van der Waals surface area contributed by atoms with Gasteiger partial charge >= 0.3 is 0 Å². The summed E-state index contributed by atoms with van der Waals surface area (Å²) in [5, 5.41) is 8.64. The van der Waals surface area contributed by atoms with Crippen molar-refractivity contribution in [3.63, 3.8) is 0 Å². The Balaban J connectivity index is 2.02. The van der Waals surface area contributed by atoms with Crippen LogP contribution in [-0.2, 0) is 9.59 Å². The van der Waals surface area contributed by atoms with Gasteiger partial charge in [0.05, 0.1) is 6.54 Å². The normalized spacial score (nSPS) is 19.0. The molecule has 0 radical (unpaired) electrons. The van der Waals surface area contributed by atoms with Crippen LogP contribution in [0.3, 0.4) is 0 Å². The largest absolute Gasteiger partial charge is 0.355 e. The number of nitrogens with one attached hydrogen (secondary N) is 3. The molecule has 0 saturated carbocycles. The lowest BCUT2D eigenvalue weighted by Crippen LogP contribution is -2.37. The summed E-state index contributed by atoms with van der Waals surface area (Å²) >= 11 is 0. The van der Waals surface area contributed by atoms with Crippen molar-refractivity contribution in [2.75, 3.05) is 26.2 Å². The van der Waals surface area contributed by atoms with E-state index in [1.54, 1.807) is 0 Å². The fraction of sp³-hybridized carbons (Fsp3) is 0.833. The Morgan fingerprint density at radius 1 is 1.29 bits per heavy atom. The fourth-order valence-corrected chi connectivity index (χ4v) is 1.89. The molecule has 1 heterocycles. The molecule has 1 fully saturated rings. The lowest BCUT2D eigenvalue weighted by atomic mass is 10.0. The predicted octanol–water partition coefficient (Wildman–Crippen LogP) is 0.0185. The van der Waals surface area contributed by atoms with Crippen LogP contribution < -0.4 is 16.0 Å². The lowest BCUT2D eigenvalue weighted by molar-refractivity contribution is -0.126. The minimum atomic E-state index is -0.109. The van der Waals surface area contributed by atoms with Crippen molar-refractivity contribution < 1.29 is 9.59 Å². The highest BCUT2D eigenvalue weighted by atomic mass is 16.2. The maximum absolute atomic E-state index is 11.5. The average molecular weight is 241 g/mol. The first-order valence-electron chi connectivity index (χ1n) is 6.46. The summed E-state index contributed by atoms with van der Waals surface area (Å²) in [4.78, 5) is 22.7. The van der Waals surface area contributed by atoms with E-state index < -0.39 is 0 Å². The second-order valence-corrected chi connectivity index (χ2v) is 4.52. The predicted molar refractivity (Wildman–Crippen MR) is 66.5 cm³/mol. The van der Waals surface area contributed by atoms with Gasteiger partial charge in [-0.05, 0) is 38.3 Å². The van der Waals surface area contributed by atoms with Gasteiger partial charge in [0, 0.05) is 13.0 Å². The zero-order valence-corrected chi connectivity index (χ0v) is 10.6. The van der Waals surface area contributed by atoms with E-state index in [2.05, 4.69) is 16.0 Å². The summed E-state index contributed by atoms with van der Waals surface area (Å²) in [6.45, 7) is 4.84. The molecule has 1 unspecified atom stereocenters. The Morgan fingerprint density at radius 2 is 2.12 bits per heavy atom. The van der Waals surface area contributed by atoms with Crippen molar-refractivity contribution in [2.45, 2.75) is 32.6 Å². The van der Waals surface area contributed by atoms with Gasteiger partial charge in [0.15, 0.2) is 0 Å². The van der Waals surface area contributed by atoms with Gasteiger partial charge in [0.1, 0.15) is 0 Å². The molecule has 0 aromatic heterocycles. The summed E-state index contributed by atoms with van der Waals surface area (Å²) in [5.74, 6) is 0.487. The molecule has 0 bridgehead atoms. The van der Waals surface area contributed by atoms with Crippen LogP contribution >= 0.6 is 0 Å². The van der Waals surface area contributed by atoms with Crippen molar-refractivity contribution in [3.05, 3.63) is 0 Å². The van der Waals surface area contributed by atoms with E-state index in [9.17, 15) is 9.59 Å². The molecule has 5 nitrogen and oxygen atoms in total. The third-order valence-corrected chi connectivity index (χ3v) is 2.96. The Morgan fingerprint density at radius 3 is 2.76 bits per heavy atom. The SMILES string of the molecule is CCCNC(=O)CNC(=O)CCC1CCNC1. The van der Waals surface area contributed by atoms with Crippen LogP contribution in [0, 0.1) is 5.92 Å². The third kappa shape index (κ3) is 6.26. The zero-order valence-electron chi connectivity index (χ0n) is 10.6. The first kappa shape index (κ1) is 14.0. The summed E-state index contributed by atoms with van der Waals surface area (Å²) in [5.41, 5.74) is 0. The molecule has 5 heteroatoms. The van der Waals surface area contributed by atoms with Crippen molar-refractivity contribution >= 4 is 11.8 Å². The first-order chi connectivity index (χ1) is 8.22. The minimum absolute atomic E-state index is 0.0245. The Kier molecular flexibility index (Phi) is 6.62. The number of carbonyl (C=O) groups excluding carboxylic acids is 2. The molecule has 17 heavy (non-hydrogen) atoms. The number of hydrogen-bond donors (Lipinski definition) is 3. The number of rotatable bonds is 7. The van der Waals surface area contributed by atoms with Gasteiger partial charge in [0.2, 0.25) is 11.8 Å². The highest BCUT2D eigenvalue weighted by molar-refractivity contribution is 5.84. The molecule has 0 aromatic carbocycles. The maximum Gasteiger partial charge on any atom is 0.239 e. The molecular weight excluding hydrogens is 218 g/mol. The lowest BCUT2D eigenvalue weighted by Gasteiger charge is -2.08. The van der Waals surface area contributed by atoms with E-state index in [0.29, 0.717) is 18.9 Å². The zero-order chi connectivity index (χ0) is 12.5. The Bertz CT molecular complexity index is 250. The van der Waals surface area contributed by atoms with Gasteiger partial charge in [-0.2, -0.15) is 0 Å². The van der Waals surface area contributed by atoms with E-state index in [0.717, 1.165) is 32.4 Å². The molecule has 1 aliphatic heterocycles. The fourth-order valence-electron chi connectivity index (χ4n) is 1.89. The molecule has 98 valence electrons. The van der Waals surface area contributed by atoms with E-state index in [-0.39, 0.29) is 18.4 Å². The monoisotopic (exact) mass is 241 g/mol. The Labute approximate surface area is 103 Å². The second kappa shape index (κ2) is 8.06. The third-order valence-electron chi connectivity index (χ3n) is 2.96. The number of amides is 2. The van der Waals surface area contributed by atoms with Gasteiger partial charge in [-0.3, -0.25) is 9.59 Å². The standard InChI is InChI=1S/C12H23N3O2/c1-2-6-14-12(17)9-15-11(16)4-3-10-5-7-13-8-10/h10,13H,2-9H2,1H3,(H,14,17)(H,15,16). The topological polar surface area (TPSA) is 70.2 Å². The van der Waals surface area contributed by atoms with Crippen LogP contribution in [0.4, 0.5) is 0 Å². The molecular formula is C12H23N3O2.